The topological polar surface area (TPSA) is 57.0 Å². The lowest BCUT2D eigenvalue weighted by molar-refractivity contribution is 0.0949. The lowest BCUT2D eigenvalue weighted by Crippen LogP contribution is -2.14. The van der Waals surface area contributed by atoms with E-state index in [1.807, 2.05) is 18.4 Å². The molecular formula is C16H14ClN3O2S. The van der Waals surface area contributed by atoms with Gasteiger partial charge in [0.1, 0.15) is 0 Å². The van der Waals surface area contributed by atoms with Crippen molar-refractivity contribution in [1.82, 2.24) is 14.8 Å². The molecule has 0 N–H and O–H groups in total. The van der Waals surface area contributed by atoms with Gasteiger partial charge in [-0.2, -0.15) is 9.67 Å². The molecule has 0 fully saturated rings. The van der Waals surface area contributed by atoms with E-state index >= 15 is 0 Å². The molecule has 0 bridgehead atoms. The monoisotopic (exact) mass is 347 g/mol. The van der Waals surface area contributed by atoms with Gasteiger partial charge in [-0.05, 0) is 42.1 Å². The molecule has 3 rings (SSSR count). The Morgan fingerprint density at radius 3 is 2.74 bits per heavy atom. The number of hydrogen-bond acceptors (Lipinski definition) is 5. The van der Waals surface area contributed by atoms with Crippen LogP contribution in [0.5, 0.6) is 6.01 Å². The first-order chi connectivity index (χ1) is 11.2. The molecule has 1 aromatic carbocycles. The van der Waals surface area contributed by atoms with Gasteiger partial charge in [0.05, 0.1) is 11.5 Å². The van der Waals surface area contributed by atoms with Crippen LogP contribution in [0.1, 0.15) is 23.0 Å². The Labute approximate surface area is 142 Å². The molecule has 118 valence electrons. The number of nitrogens with zero attached hydrogens (tertiary/aromatic N) is 3. The van der Waals surface area contributed by atoms with Gasteiger partial charge in [-0.3, -0.25) is 4.79 Å². The first-order valence-electron chi connectivity index (χ1n) is 7.13. The smallest absolute Gasteiger partial charge is 0.336 e. The Morgan fingerprint density at radius 1 is 1.30 bits per heavy atom. The van der Waals surface area contributed by atoms with E-state index in [4.69, 9.17) is 16.3 Å². The van der Waals surface area contributed by atoms with Crippen LogP contribution in [0.25, 0.3) is 11.4 Å². The summed E-state index contributed by atoms with van der Waals surface area (Å²) < 4.78 is 6.75. The van der Waals surface area contributed by atoms with Crippen LogP contribution in [-0.4, -0.2) is 27.3 Å². The number of benzene rings is 1. The zero-order valence-corrected chi connectivity index (χ0v) is 14.0. The fourth-order valence-electron chi connectivity index (χ4n) is 1.98. The highest BCUT2D eigenvalue weighted by molar-refractivity contribution is 7.12. The highest BCUT2D eigenvalue weighted by Crippen LogP contribution is 2.23. The van der Waals surface area contributed by atoms with Crippen LogP contribution >= 0.6 is 22.9 Å². The molecule has 2 aromatic heterocycles. The molecule has 0 saturated carbocycles. The van der Waals surface area contributed by atoms with Gasteiger partial charge in [0, 0.05) is 10.6 Å². The Hall–Kier alpha value is -2.18. The van der Waals surface area contributed by atoms with Gasteiger partial charge in [0.25, 0.3) is 5.91 Å². The first kappa shape index (κ1) is 15.7. The number of carbonyl (C=O) groups excluding carboxylic acids is 1. The number of aromatic nitrogens is 3. The zero-order chi connectivity index (χ0) is 16.2. The molecule has 0 saturated heterocycles. The van der Waals surface area contributed by atoms with Crippen molar-refractivity contribution >= 4 is 28.8 Å². The highest BCUT2D eigenvalue weighted by Gasteiger charge is 2.20. The average Bonchev–Trinajstić information content (AvgIpc) is 3.23. The van der Waals surface area contributed by atoms with Gasteiger partial charge in [-0.25, -0.2) is 0 Å². The van der Waals surface area contributed by atoms with E-state index in [9.17, 15) is 4.79 Å². The molecule has 0 unspecified atom stereocenters. The second-order valence-electron chi connectivity index (χ2n) is 4.77. The summed E-state index contributed by atoms with van der Waals surface area (Å²) in [6.45, 7) is 2.49. The fraction of sp³-hybridized carbons (Fsp3) is 0.188. The van der Waals surface area contributed by atoms with Crippen LogP contribution in [0.15, 0.2) is 41.8 Å². The van der Waals surface area contributed by atoms with Crippen molar-refractivity contribution < 1.29 is 9.53 Å². The predicted molar refractivity (Wildman–Crippen MR) is 90.3 cm³/mol. The van der Waals surface area contributed by atoms with E-state index in [-0.39, 0.29) is 11.9 Å². The Morgan fingerprint density at radius 2 is 2.09 bits per heavy atom. The summed E-state index contributed by atoms with van der Waals surface area (Å²) in [6, 6.07) is 10.9. The van der Waals surface area contributed by atoms with E-state index in [0.717, 1.165) is 12.0 Å². The normalized spacial score (nSPS) is 10.7. The molecule has 0 atom stereocenters. The lowest BCUT2D eigenvalue weighted by Gasteiger charge is -2.03. The summed E-state index contributed by atoms with van der Waals surface area (Å²) in [5.41, 5.74) is 0.748. The molecule has 0 aliphatic heterocycles. The maximum absolute atomic E-state index is 12.6. The average molecular weight is 348 g/mol. The molecule has 5 nitrogen and oxygen atoms in total. The molecular weight excluding hydrogens is 334 g/mol. The minimum Gasteiger partial charge on any atom is -0.462 e. The number of halogens is 1. The van der Waals surface area contributed by atoms with E-state index in [1.54, 1.807) is 30.3 Å². The SMILES string of the molecule is CCCOc1nc(-c2ccc(Cl)cc2)n(C(=O)c2cccs2)n1. The zero-order valence-electron chi connectivity index (χ0n) is 12.4. The predicted octanol–water partition coefficient (Wildman–Crippen LogP) is 4.14. The summed E-state index contributed by atoms with van der Waals surface area (Å²) in [5.74, 6) is 0.204. The maximum atomic E-state index is 12.6. The lowest BCUT2D eigenvalue weighted by atomic mass is 10.2. The largest absolute Gasteiger partial charge is 0.462 e. The van der Waals surface area contributed by atoms with Gasteiger partial charge >= 0.3 is 6.01 Å². The van der Waals surface area contributed by atoms with E-state index in [0.29, 0.717) is 22.3 Å². The van der Waals surface area contributed by atoms with Crippen LogP contribution in [0.3, 0.4) is 0 Å². The van der Waals surface area contributed by atoms with Crippen molar-refractivity contribution in [3.63, 3.8) is 0 Å². The molecule has 0 radical (unpaired) electrons. The quantitative estimate of drug-likeness (QED) is 0.696. The van der Waals surface area contributed by atoms with Gasteiger partial charge in [-0.15, -0.1) is 16.4 Å². The number of ether oxygens (including phenoxy) is 1. The standard InChI is InChI=1S/C16H14ClN3O2S/c1-2-9-22-16-18-14(11-5-7-12(17)8-6-11)20(19-16)15(21)13-4-3-10-23-13/h3-8,10H,2,9H2,1H3. The Bertz CT molecular complexity index is 797. The van der Waals surface area contributed by atoms with Crippen LogP contribution < -0.4 is 4.74 Å². The number of carbonyl (C=O) groups is 1. The molecule has 0 spiro atoms. The van der Waals surface area contributed by atoms with Crippen molar-refractivity contribution in [2.24, 2.45) is 0 Å². The van der Waals surface area contributed by atoms with Crippen molar-refractivity contribution in [2.75, 3.05) is 6.61 Å². The molecule has 0 aliphatic rings. The molecule has 0 aliphatic carbocycles. The van der Waals surface area contributed by atoms with Crippen molar-refractivity contribution in [3.8, 4) is 17.4 Å². The second kappa shape index (κ2) is 6.93. The summed E-state index contributed by atoms with van der Waals surface area (Å²) >= 11 is 7.28. The maximum Gasteiger partial charge on any atom is 0.336 e. The van der Waals surface area contributed by atoms with Crippen LogP contribution in [-0.2, 0) is 0 Å². The van der Waals surface area contributed by atoms with Crippen molar-refractivity contribution in [1.29, 1.82) is 0 Å². The van der Waals surface area contributed by atoms with Crippen LogP contribution in [0.4, 0.5) is 0 Å². The van der Waals surface area contributed by atoms with Crippen molar-refractivity contribution in [2.45, 2.75) is 13.3 Å². The fourth-order valence-corrected chi connectivity index (χ4v) is 2.75. The molecule has 7 heteroatoms. The summed E-state index contributed by atoms with van der Waals surface area (Å²) in [4.78, 5) is 17.6. The summed E-state index contributed by atoms with van der Waals surface area (Å²) in [6.07, 6.45) is 0.837. The van der Waals surface area contributed by atoms with Gasteiger partial charge in [0.2, 0.25) is 0 Å². The first-order valence-corrected chi connectivity index (χ1v) is 8.39. The number of rotatable bonds is 5. The molecule has 2 heterocycles. The van der Waals surface area contributed by atoms with Gasteiger partial charge in [-0.1, -0.05) is 24.6 Å². The van der Waals surface area contributed by atoms with E-state index in [1.165, 1.54) is 16.0 Å². The summed E-state index contributed by atoms with van der Waals surface area (Å²) in [5, 5.41) is 6.68. The number of thiophene rings is 1. The Balaban J connectivity index is 2.03. The van der Waals surface area contributed by atoms with E-state index < -0.39 is 0 Å². The van der Waals surface area contributed by atoms with Crippen molar-refractivity contribution in [3.05, 3.63) is 51.7 Å². The second-order valence-corrected chi connectivity index (χ2v) is 6.15. The third-order valence-corrected chi connectivity index (χ3v) is 4.16. The molecule has 3 aromatic rings. The minimum atomic E-state index is -0.233. The van der Waals surface area contributed by atoms with Gasteiger partial charge < -0.3 is 4.74 Å². The van der Waals surface area contributed by atoms with Gasteiger partial charge in [0.15, 0.2) is 5.82 Å². The molecule has 23 heavy (non-hydrogen) atoms. The number of hydrogen-bond donors (Lipinski definition) is 0. The summed E-state index contributed by atoms with van der Waals surface area (Å²) in [7, 11) is 0. The van der Waals surface area contributed by atoms with Crippen LogP contribution in [0, 0.1) is 0 Å². The van der Waals surface area contributed by atoms with Crippen LogP contribution in [0.2, 0.25) is 5.02 Å². The minimum absolute atomic E-state index is 0.196. The van der Waals surface area contributed by atoms with E-state index in [2.05, 4.69) is 10.1 Å². The highest BCUT2D eigenvalue weighted by atomic mass is 35.5. The third kappa shape index (κ3) is 3.43. The third-order valence-electron chi connectivity index (χ3n) is 3.05. The Kier molecular flexibility index (Phi) is 4.73. The molecule has 0 amide bonds.